The normalized spacial score (nSPS) is 11.9. The lowest BCUT2D eigenvalue weighted by molar-refractivity contribution is 0.0925. The van der Waals surface area contributed by atoms with E-state index in [0.29, 0.717) is 12.5 Å². The Kier molecular flexibility index (Phi) is 4.56. The van der Waals surface area contributed by atoms with Crippen LogP contribution in [0.25, 0.3) is 0 Å². The molecule has 0 bridgehead atoms. The lowest BCUT2D eigenvalue weighted by Crippen LogP contribution is -2.36. The second-order valence-electron chi connectivity index (χ2n) is 4.97. The lowest BCUT2D eigenvalue weighted by Gasteiger charge is -2.29. The first-order valence-corrected chi connectivity index (χ1v) is 7.02. The fourth-order valence-corrected chi connectivity index (χ4v) is 2.18. The van der Waals surface area contributed by atoms with Crippen LogP contribution in [0.3, 0.4) is 0 Å². The topological polar surface area (TPSA) is 29.1 Å². The molecule has 4 heteroatoms. The summed E-state index contributed by atoms with van der Waals surface area (Å²) in [6.07, 6.45) is 0. The molecule has 1 aromatic heterocycles. The van der Waals surface area contributed by atoms with Crippen molar-refractivity contribution in [3.05, 3.63) is 20.8 Å². The van der Waals surface area contributed by atoms with Crippen molar-refractivity contribution >= 4 is 33.2 Å². The molecule has 0 aliphatic carbocycles. The third-order valence-electron chi connectivity index (χ3n) is 3.10. The van der Waals surface area contributed by atoms with Gasteiger partial charge in [0.1, 0.15) is 0 Å². The maximum absolute atomic E-state index is 11.8. The fourth-order valence-electron chi connectivity index (χ4n) is 1.04. The van der Waals surface area contributed by atoms with Gasteiger partial charge >= 0.3 is 0 Å². The quantitative estimate of drug-likeness (QED) is 0.897. The molecular formula is C12H18BrNOS. The summed E-state index contributed by atoms with van der Waals surface area (Å²) in [5.41, 5.74) is 0.861. The lowest BCUT2D eigenvalue weighted by atomic mass is 9.81. The van der Waals surface area contributed by atoms with E-state index in [0.717, 1.165) is 9.35 Å². The van der Waals surface area contributed by atoms with Crippen LogP contribution in [0.2, 0.25) is 0 Å². The first-order valence-electron chi connectivity index (χ1n) is 5.35. The highest BCUT2D eigenvalue weighted by atomic mass is 79.9. The van der Waals surface area contributed by atoms with E-state index in [4.69, 9.17) is 0 Å². The van der Waals surface area contributed by atoms with Gasteiger partial charge in [-0.25, -0.2) is 0 Å². The minimum absolute atomic E-state index is 0.00988. The molecule has 16 heavy (non-hydrogen) atoms. The number of thiophene rings is 1. The Balaban J connectivity index is 2.54. The molecule has 0 spiro atoms. The van der Waals surface area contributed by atoms with E-state index in [2.05, 4.69) is 48.9 Å². The van der Waals surface area contributed by atoms with Crippen LogP contribution in [0.1, 0.15) is 38.1 Å². The molecule has 1 amide bonds. The molecule has 0 fully saturated rings. The van der Waals surface area contributed by atoms with Gasteiger partial charge in [-0.15, -0.1) is 11.3 Å². The Bertz CT molecular complexity index is 371. The van der Waals surface area contributed by atoms with E-state index >= 15 is 0 Å². The second-order valence-corrected chi connectivity index (χ2v) is 7.26. The Morgan fingerprint density at radius 1 is 1.56 bits per heavy atom. The van der Waals surface area contributed by atoms with Crippen molar-refractivity contribution in [3.63, 3.8) is 0 Å². The van der Waals surface area contributed by atoms with E-state index in [1.165, 1.54) is 11.3 Å². The summed E-state index contributed by atoms with van der Waals surface area (Å²) < 4.78 is 0.987. The summed E-state index contributed by atoms with van der Waals surface area (Å²) in [4.78, 5) is 11.8. The van der Waals surface area contributed by atoms with E-state index in [-0.39, 0.29) is 11.3 Å². The van der Waals surface area contributed by atoms with Crippen molar-refractivity contribution in [1.29, 1.82) is 0 Å². The number of nitrogens with one attached hydrogen (secondary N) is 1. The van der Waals surface area contributed by atoms with Crippen LogP contribution < -0.4 is 5.32 Å². The minimum Gasteiger partial charge on any atom is -0.351 e. The Labute approximate surface area is 110 Å². The molecule has 0 unspecified atom stereocenters. The number of amides is 1. The monoisotopic (exact) mass is 303 g/mol. The maximum atomic E-state index is 11.8. The zero-order valence-electron chi connectivity index (χ0n) is 10.1. The molecule has 90 valence electrons. The van der Waals surface area contributed by atoms with Gasteiger partial charge in [0, 0.05) is 11.9 Å². The van der Waals surface area contributed by atoms with E-state index in [9.17, 15) is 4.79 Å². The Morgan fingerprint density at radius 2 is 2.19 bits per heavy atom. The van der Waals surface area contributed by atoms with Crippen LogP contribution in [0.4, 0.5) is 0 Å². The van der Waals surface area contributed by atoms with Crippen molar-refractivity contribution in [1.82, 2.24) is 5.32 Å². The predicted molar refractivity (Wildman–Crippen MR) is 73.0 cm³/mol. The number of carbonyl (C=O) groups is 1. The van der Waals surface area contributed by atoms with Gasteiger partial charge in [0.2, 0.25) is 0 Å². The third-order valence-corrected chi connectivity index (χ3v) is 4.60. The average Bonchev–Trinajstić information content (AvgIpc) is 2.61. The molecule has 1 rings (SSSR count). The average molecular weight is 304 g/mol. The van der Waals surface area contributed by atoms with Gasteiger partial charge in [-0.05, 0) is 33.3 Å². The molecule has 0 radical (unpaired) electrons. The number of hydrogen-bond donors (Lipinski definition) is 1. The van der Waals surface area contributed by atoms with Gasteiger partial charge in [-0.3, -0.25) is 4.79 Å². The molecule has 0 saturated carbocycles. The number of carbonyl (C=O) groups excluding carboxylic acids is 1. The van der Waals surface area contributed by atoms with E-state index < -0.39 is 0 Å². The van der Waals surface area contributed by atoms with Crippen LogP contribution in [-0.4, -0.2) is 12.5 Å². The van der Waals surface area contributed by atoms with Gasteiger partial charge in [-0.2, -0.15) is 0 Å². The zero-order chi connectivity index (χ0) is 12.3. The van der Waals surface area contributed by atoms with Crippen molar-refractivity contribution < 1.29 is 4.79 Å². The van der Waals surface area contributed by atoms with Gasteiger partial charge in [-0.1, -0.05) is 27.7 Å². The van der Waals surface area contributed by atoms with Crippen LogP contribution in [0.15, 0.2) is 15.2 Å². The van der Waals surface area contributed by atoms with Crippen molar-refractivity contribution in [3.8, 4) is 0 Å². The molecule has 0 atom stereocenters. The smallest absolute Gasteiger partial charge is 0.252 e. The Morgan fingerprint density at radius 3 is 2.62 bits per heavy atom. The summed E-state index contributed by atoms with van der Waals surface area (Å²) in [5, 5.41) is 4.84. The summed E-state index contributed by atoms with van der Waals surface area (Å²) in [6.45, 7) is 9.39. The van der Waals surface area contributed by atoms with Gasteiger partial charge < -0.3 is 5.32 Å². The Hall–Kier alpha value is -0.350. The van der Waals surface area contributed by atoms with Crippen LogP contribution >= 0.6 is 27.3 Å². The van der Waals surface area contributed by atoms with Crippen molar-refractivity contribution in [2.24, 2.45) is 11.3 Å². The van der Waals surface area contributed by atoms with Gasteiger partial charge in [0.15, 0.2) is 0 Å². The summed E-state index contributed by atoms with van der Waals surface area (Å²) in [6, 6.07) is 1.85. The predicted octanol–water partition coefficient (Wildman–Crippen LogP) is 3.92. The SMILES string of the molecule is CC(C)C(C)(C)CNC(=O)c1csc(Br)c1. The number of rotatable bonds is 4. The fraction of sp³-hybridized carbons (Fsp3) is 0.583. The number of halogens is 1. The summed E-state index contributed by atoms with van der Waals surface area (Å²) in [5.74, 6) is 0.553. The molecular weight excluding hydrogens is 286 g/mol. The molecule has 0 saturated heterocycles. The molecule has 0 aliphatic rings. The maximum Gasteiger partial charge on any atom is 0.252 e. The van der Waals surface area contributed by atoms with Crippen LogP contribution in [-0.2, 0) is 0 Å². The summed E-state index contributed by atoms with van der Waals surface area (Å²) in [7, 11) is 0. The highest BCUT2D eigenvalue weighted by Crippen LogP contribution is 2.25. The van der Waals surface area contributed by atoms with Gasteiger partial charge in [0.25, 0.3) is 5.91 Å². The standard InChI is InChI=1S/C12H18BrNOS/c1-8(2)12(3,4)7-14-11(15)9-5-10(13)16-6-9/h5-6,8H,7H2,1-4H3,(H,14,15). The third kappa shape index (κ3) is 3.59. The second kappa shape index (κ2) is 5.32. The minimum atomic E-state index is 0.00988. The summed E-state index contributed by atoms with van der Waals surface area (Å²) >= 11 is 4.88. The molecule has 1 heterocycles. The molecule has 0 aromatic carbocycles. The highest BCUT2D eigenvalue weighted by Gasteiger charge is 2.23. The van der Waals surface area contributed by atoms with Gasteiger partial charge in [0.05, 0.1) is 9.35 Å². The molecule has 0 aliphatic heterocycles. The van der Waals surface area contributed by atoms with Crippen molar-refractivity contribution in [2.45, 2.75) is 27.7 Å². The zero-order valence-corrected chi connectivity index (χ0v) is 12.5. The molecule has 1 aromatic rings. The van der Waals surface area contributed by atoms with Crippen LogP contribution in [0, 0.1) is 11.3 Å². The van der Waals surface area contributed by atoms with Crippen molar-refractivity contribution in [2.75, 3.05) is 6.54 Å². The van der Waals surface area contributed by atoms with E-state index in [1.807, 2.05) is 11.4 Å². The largest absolute Gasteiger partial charge is 0.351 e. The molecule has 1 N–H and O–H groups in total. The number of hydrogen-bond acceptors (Lipinski definition) is 2. The first-order chi connectivity index (χ1) is 7.33. The first kappa shape index (κ1) is 13.7. The molecule has 2 nitrogen and oxygen atoms in total. The van der Waals surface area contributed by atoms with Crippen LogP contribution in [0.5, 0.6) is 0 Å². The van der Waals surface area contributed by atoms with E-state index in [1.54, 1.807) is 0 Å². The highest BCUT2D eigenvalue weighted by molar-refractivity contribution is 9.11.